The highest BCUT2D eigenvalue weighted by Gasteiger charge is 2.31. The normalized spacial score (nSPS) is 16.1. The smallest absolute Gasteiger partial charge is 0.410 e. The number of benzene rings is 1. The SMILES string of the molecule is COc1cc(-c2cc(C)c3nc(C)cn3n2)cc2c(C)cn(C3CCN(C(=O)OC(C)(C)C)C3)c(=O)c12. The molecule has 9 heteroatoms. The summed E-state index contributed by atoms with van der Waals surface area (Å²) in [7, 11) is 1.57. The van der Waals surface area contributed by atoms with E-state index >= 15 is 0 Å². The third-order valence-electron chi connectivity index (χ3n) is 6.76. The topological polar surface area (TPSA) is 91.0 Å². The van der Waals surface area contributed by atoms with Crippen LogP contribution in [0.2, 0.25) is 0 Å². The van der Waals surface area contributed by atoms with Crippen LogP contribution in [0.25, 0.3) is 27.7 Å². The molecule has 9 nitrogen and oxygen atoms in total. The largest absolute Gasteiger partial charge is 0.496 e. The Morgan fingerprint density at radius 3 is 2.54 bits per heavy atom. The van der Waals surface area contributed by atoms with Crippen LogP contribution < -0.4 is 10.3 Å². The van der Waals surface area contributed by atoms with Gasteiger partial charge in [-0.2, -0.15) is 5.10 Å². The summed E-state index contributed by atoms with van der Waals surface area (Å²) in [5, 5.41) is 6.10. The molecule has 3 aromatic heterocycles. The van der Waals surface area contributed by atoms with Gasteiger partial charge in [0, 0.05) is 24.8 Å². The van der Waals surface area contributed by atoms with Gasteiger partial charge in [-0.3, -0.25) is 4.79 Å². The summed E-state index contributed by atoms with van der Waals surface area (Å²) < 4.78 is 14.8. The number of aromatic nitrogens is 4. The van der Waals surface area contributed by atoms with Gasteiger partial charge >= 0.3 is 6.09 Å². The lowest BCUT2D eigenvalue weighted by Gasteiger charge is -2.24. The molecule has 1 fully saturated rings. The molecule has 0 bridgehead atoms. The van der Waals surface area contributed by atoms with Gasteiger partial charge in [-0.15, -0.1) is 0 Å². The van der Waals surface area contributed by atoms with E-state index in [0.29, 0.717) is 30.6 Å². The number of nitrogens with zero attached hydrogens (tertiary/aromatic N) is 5. The second-order valence-electron chi connectivity index (χ2n) is 10.9. The van der Waals surface area contributed by atoms with Crippen LogP contribution in [0.3, 0.4) is 0 Å². The molecule has 4 aromatic rings. The number of methoxy groups -OCH3 is 1. The lowest BCUT2D eigenvalue weighted by Crippen LogP contribution is -2.36. The van der Waals surface area contributed by atoms with Crippen molar-refractivity contribution in [1.82, 2.24) is 24.1 Å². The molecule has 5 rings (SSSR count). The van der Waals surface area contributed by atoms with Crippen molar-refractivity contribution < 1.29 is 14.3 Å². The van der Waals surface area contributed by atoms with Crippen molar-refractivity contribution in [1.29, 1.82) is 0 Å². The van der Waals surface area contributed by atoms with Crippen molar-refractivity contribution in [2.24, 2.45) is 0 Å². The Hall–Kier alpha value is -3.88. The molecule has 1 atom stereocenters. The fourth-order valence-electron chi connectivity index (χ4n) is 5.04. The maximum atomic E-state index is 13.8. The minimum atomic E-state index is -0.564. The third-order valence-corrected chi connectivity index (χ3v) is 6.76. The number of aryl methyl sites for hydroxylation is 3. The summed E-state index contributed by atoms with van der Waals surface area (Å²) in [5.74, 6) is 0.498. The average Bonchev–Trinajstić information content (AvgIpc) is 3.46. The predicted octanol–water partition coefficient (Wildman–Crippen LogP) is 4.83. The van der Waals surface area contributed by atoms with Gasteiger partial charge in [-0.1, -0.05) is 0 Å². The number of carbonyl (C=O) groups excluding carboxylic acids is 1. The van der Waals surface area contributed by atoms with Gasteiger partial charge in [-0.05, 0) is 82.7 Å². The first-order valence-corrected chi connectivity index (χ1v) is 12.5. The number of carbonyl (C=O) groups is 1. The summed E-state index contributed by atoms with van der Waals surface area (Å²) >= 11 is 0. The van der Waals surface area contributed by atoms with Crippen LogP contribution >= 0.6 is 0 Å². The summed E-state index contributed by atoms with van der Waals surface area (Å²) in [4.78, 5) is 32.5. The highest BCUT2D eigenvalue weighted by molar-refractivity contribution is 5.94. The van der Waals surface area contributed by atoms with E-state index in [2.05, 4.69) is 4.98 Å². The molecule has 1 amide bonds. The molecule has 37 heavy (non-hydrogen) atoms. The average molecular weight is 504 g/mol. The van der Waals surface area contributed by atoms with Gasteiger partial charge in [0.1, 0.15) is 11.4 Å². The van der Waals surface area contributed by atoms with Gasteiger partial charge in [-0.25, -0.2) is 14.3 Å². The number of fused-ring (bicyclic) bond motifs is 2. The van der Waals surface area contributed by atoms with Crippen LogP contribution in [0.1, 0.15) is 50.1 Å². The minimum Gasteiger partial charge on any atom is -0.496 e. The maximum Gasteiger partial charge on any atom is 0.410 e. The zero-order valence-electron chi connectivity index (χ0n) is 22.5. The van der Waals surface area contributed by atoms with Crippen LogP contribution in [0.5, 0.6) is 5.75 Å². The second-order valence-corrected chi connectivity index (χ2v) is 10.9. The van der Waals surface area contributed by atoms with E-state index < -0.39 is 5.60 Å². The molecule has 1 aromatic carbocycles. The molecule has 1 aliphatic heterocycles. The Morgan fingerprint density at radius 1 is 1.08 bits per heavy atom. The highest BCUT2D eigenvalue weighted by atomic mass is 16.6. The molecule has 0 spiro atoms. The third kappa shape index (κ3) is 4.54. The number of pyridine rings is 1. The van der Waals surface area contributed by atoms with Gasteiger partial charge < -0.3 is 18.9 Å². The number of ether oxygens (including phenoxy) is 2. The van der Waals surface area contributed by atoms with Crippen molar-refractivity contribution in [2.45, 2.75) is 59.6 Å². The van der Waals surface area contributed by atoms with Crippen LogP contribution in [-0.4, -0.2) is 56.0 Å². The van der Waals surface area contributed by atoms with E-state index in [0.717, 1.165) is 39.1 Å². The van der Waals surface area contributed by atoms with Crippen LogP contribution in [0, 0.1) is 20.8 Å². The van der Waals surface area contributed by atoms with E-state index in [-0.39, 0.29) is 17.7 Å². The minimum absolute atomic E-state index is 0.134. The molecule has 4 heterocycles. The van der Waals surface area contributed by atoms with E-state index in [1.165, 1.54) is 0 Å². The molecular formula is C28H33N5O4. The van der Waals surface area contributed by atoms with E-state index in [1.807, 2.05) is 72.1 Å². The Balaban J connectivity index is 1.56. The van der Waals surface area contributed by atoms with Crippen molar-refractivity contribution in [3.63, 3.8) is 0 Å². The van der Waals surface area contributed by atoms with Crippen molar-refractivity contribution in [3.8, 4) is 17.0 Å². The molecule has 0 saturated carbocycles. The molecule has 1 aliphatic rings. The van der Waals surface area contributed by atoms with E-state index in [9.17, 15) is 9.59 Å². The first kappa shape index (κ1) is 24.8. The Labute approximate surface area is 215 Å². The lowest BCUT2D eigenvalue weighted by molar-refractivity contribution is 0.0289. The quantitative estimate of drug-likeness (QED) is 0.398. The van der Waals surface area contributed by atoms with E-state index in [4.69, 9.17) is 14.6 Å². The Morgan fingerprint density at radius 2 is 1.84 bits per heavy atom. The fraction of sp³-hybridized carbons (Fsp3) is 0.429. The number of likely N-dealkylation sites (tertiary alicyclic amines) is 1. The van der Waals surface area contributed by atoms with Crippen molar-refractivity contribution in [2.75, 3.05) is 20.2 Å². The molecule has 0 aliphatic carbocycles. The predicted molar refractivity (Wildman–Crippen MR) is 142 cm³/mol. The van der Waals surface area contributed by atoms with Gasteiger partial charge in [0.05, 0.1) is 36.1 Å². The number of amides is 1. The summed E-state index contributed by atoms with van der Waals surface area (Å²) in [6, 6.07) is 5.73. The Kier molecular flexibility index (Phi) is 5.96. The number of rotatable bonds is 3. The Bertz CT molecular complexity index is 1590. The first-order valence-electron chi connectivity index (χ1n) is 12.5. The monoisotopic (exact) mass is 503 g/mol. The number of hydrogen-bond acceptors (Lipinski definition) is 6. The van der Waals surface area contributed by atoms with Crippen LogP contribution in [-0.2, 0) is 4.74 Å². The van der Waals surface area contributed by atoms with Crippen molar-refractivity contribution >= 4 is 22.5 Å². The lowest BCUT2D eigenvalue weighted by atomic mass is 10.0. The van der Waals surface area contributed by atoms with Gasteiger partial charge in [0.2, 0.25) is 0 Å². The van der Waals surface area contributed by atoms with Crippen LogP contribution in [0.15, 0.2) is 35.4 Å². The molecule has 0 radical (unpaired) electrons. The summed E-state index contributed by atoms with van der Waals surface area (Å²) in [5.41, 5.74) is 4.62. The highest BCUT2D eigenvalue weighted by Crippen LogP contribution is 2.33. The van der Waals surface area contributed by atoms with E-state index in [1.54, 1.807) is 21.1 Å². The summed E-state index contributed by atoms with van der Waals surface area (Å²) in [6.07, 6.45) is 4.11. The fourth-order valence-corrected chi connectivity index (χ4v) is 5.04. The second kappa shape index (κ2) is 8.90. The standard InChI is InChI=1S/C28H33N5O4/c1-16-10-22(30-33-14-18(3)29-25(16)33)19-11-21-17(2)13-32(26(34)24(21)23(12-19)36-7)20-8-9-31(15-20)27(35)37-28(4,5)6/h10-14,20H,8-9,15H2,1-7H3. The molecule has 1 unspecified atom stereocenters. The zero-order valence-corrected chi connectivity index (χ0v) is 22.5. The first-order chi connectivity index (χ1) is 17.4. The van der Waals surface area contributed by atoms with Gasteiger partial charge in [0.25, 0.3) is 5.56 Å². The molecule has 0 N–H and O–H groups in total. The number of hydrogen-bond donors (Lipinski definition) is 0. The summed E-state index contributed by atoms with van der Waals surface area (Å²) in [6.45, 7) is 12.5. The zero-order chi connectivity index (χ0) is 26.6. The maximum absolute atomic E-state index is 13.8. The molecular weight excluding hydrogens is 470 g/mol. The number of imidazole rings is 1. The molecule has 194 valence electrons. The molecule has 1 saturated heterocycles. The van der Waals surface area contributed by atoms with Crippen molar-refractivity contribution in [3.05, 3.63) is 57.8 Å². The van der Waals surface area contributed by atoms with Crippen LogP contribution in [0.4, 0.5) is 4.79 Å². The van der Waals surface area contributed by atoms with Gasteiger partial charge in [0.15, 0.2) is 5.65 Å².